The van der Waals surface area contributed by atoms with Crippen molar-refractivity contribution in [2.75, 3.05) is 12.4 Å². The molecule has 2 heterocycles. The molecule has 0 saturated heterocycles. The number of phenolic OH excluding ortho intramolecular Hbond substituents is 1. The summed E-state index contributed by atoms with van der Waals surface area (Å²) in [6.45, 7) is 0. The number of halogens is 1. The number of carbonyl (C=O) groups is 1. The van der Waals surface area contributed by atoms with Crippen molar-refractivity contribution in [2.24, 2.45) is 0 Å². The number of carbonyl (C=O) groups excluding carboxylic acids is 1. The van der Waals surface area contributed by atoms with Gasteiger partial charge in [0.05, 0.1) is 18.9 Å². The van der Waals surface area contributed by atoms with Crippen molar-refractivity contribution in [3.63, 3.8) is 0 Å². The zero-order valence-corrected chi connectivity index (χ0v) is 16.3. The minimum absolute atomic E-state index is 0.178. The summed E-state index contributed by atoms with van der Waals surface area (Å²) in [5.41, 5.74) is 3.30. The number of ether oxygens (including phenoxy) is 1. The molecular formula is C20H15BrN4O3. The first-order valence-electron chi connectivity index (χ1n) is 8.33. The van der Waals surface area contributed by atoms with Crippen LogP contribution in [0.4, 0.5) is 11.5 Å². The lowest BCUT2D eigenvalue weighted by molar-refractivity contribution is 0.0601. The summed E-state index contributed by atoms with van der Waals surface area (Å²) < 4.78 is 7.31. The number of hydrogen-bond donors (Lipinski definition) is 2. The molecule has 2 aromatic heterocycles. The van der Waals surface area contributed by atoms with Crippen LogP contribution >= 0.6 is 15.9 Å². The Morgan fingerprint density at radius 2 is 2.00 bits per heavy atom. The molecule has 2 N–H and O–H groups in total. The van der Waals surface area contributed by atoms with Crippen LogP contribution in [0.5, 0.6) is 5.75 Å². The molecule has 0 aliphatic heterocycles. The van der Waals surface area contributed by atoms with Gasteiger partial charge in [0.1, 0.15) is 21.9 Å². The van der Waals surface area contributed by atoms with E-state index in [1.165, 1.54) is 7.11 Å². The zero-order valence-electron chi connectivity index (χ0n) is 14.8. The lowest BCUT2D eigenvalue weighted by Gasteiger charge is -2.10. The quantitative estimate of drug-likeness (QED) is 0.459. The van der Waals surface area contributed by atoms with Gasteiger partial charge in [-0.25, -0.2) is 14.8 Å². The molecule has 7 nitrogen and oxygen atoms in total. The summed E-state index contributed by atoms with van der Waals surface area (Å²) in [6, 6.07) is 13.8. The van der Waals surface area contributed by atoms with E-state index in [1.54, 1.807) is 54.9 Å². The standard InChI is InChI=1S/C20H15BrN4O3/c1-28-20(27)13-3-2-4-14(9-13)23-19-18(12-5-7-15(26)8-6-12)24-17-10-22-16(21)11-25(17)19/h2-11,23,26H,1H3. The number of rotatable bonds is 4. The van der Waals surface area contributed by atoms with Gasteiger partial charge in [-0.05, 0) is 58.4 Å². The second kappa shape index (κ2) is 7.32. The van der Waals surface area contributed by atoms with Crippen LogP contribution in [-0.4, -0.2) is 32.6 Å². The van der Waals surface area contributed by atoms with Gasteiger partial charge in [-0.2, -0.15) is 0 Å². The summed E-state index contributed by atoms with van der Waals surface area (Å²) in [5.74, 6) is 0.468. The van der Waals surface area contributed by atoms with Crippen molar-refractivity contribution in [1.82, 2.24) is 14.4 Å². The number of aromatic nitrogens is 3. The predicted octanol–water partition coefficient (Wildman–Crippen LogP) is 4.39. The number of anilines is 2. The molecule has 0 aliphatic rings. The van der Waals surface area contributed by atoms with E-state index in [-0.39, 0.29) is 5.75 Å². The number of imidazole rings is 1. The fraction of sp³-hybridized carbons (Fsp3) is 0.0500. The number of nitrogens with one attached hydrogen (secondary N) is 1. The summed E-state index contributed by atoms with van der Waals surface area (Å²) in [6.07, 6.45) is 3.46. The van der Waals surface area contributed by atoms with E-state index in [1.807, 2.05) is 10.5 Å². The average Bonchev–Trinajstić information content (AvgIpc) is 3.06. The second-order valence-corrected chi connectivity index (χ2v) is 6.80. The molecule has 140 valence electrons. The van der Waals surface area contributed by atoms with Gasteiger partial charge in [0.2, 0.25) is 0 Å². The van der Waals surface area contributed by atoms with Gasteiger partial charge in [0, 0.05) is 17.4 Å². The molecule has 0 fully saturated rings. The molecule has 0 amide bonds. The Balaban J connectivity index is 1.85. The normalized spacial score (nSPS) is 10.8. The molecule has 0 unspecified atom stereocenters. The monoisotopic (exact) mass is 438 g/mol. The number of benzene rings is 2. The van der Waals surface area contributed by atoms with Crippen LogP contribution in [0.15, 0.2) is 65.5 Å². The maximum absolute atomic E-state index is 11.8. The van der Waals surface area contributed by atoms with E-state index in [4.69, 9.17) is 4.74 Å². The number of fused-ring (bicyclic) bond motifs is 1. The van der Waals surface area contributed by atoms with Crippen molar-refractivity contribution in [1.29, 1.82) is 0 Å². The molecule has 0 aliphatic carbocycles. The highest BCUT2D eigenvalue weighted by molar-refractivity contribution is 9.10. The Labute approximate surface area is 168 Å². The molecule has 28 heavy (non-hydrogen) atoms. The Morgan fingerprint density at radius 3 is 2.75 bits per heavy atom. The third-order valence-corrected chi connectivity index (χ3v) is 4.57. The lowest BCUT2D eigenvalue weighted by atomic mass is 10.1. The minimum Gasteiger partial charge on any atom is -0.508 e. The highest BCUT2D eigenvalue weighted by atomic mass is 79.9. The molecule has 0 radical (unpaired) electrons. The Kier molecular flexibility index (Phi) is 4.70. The Morgan fingerprint density at radius 1 is 1.21 bits per heavy atom. The van der Waals surface area contributed by atoms with Crippen LogP contribution in [0.25, 0.3) is 16.9 Å². The maximum atomic E-state index is 11.8. The number of aromatic hydroxyl groups is 1. The van der Waals surface area contributed by atoms with E-state index in [0.29, 0.717) is 33.0 Å². The summed E-state index contributed by atoms with van der Waals surface area (Å²) in [5, 5.41) is 12.9. The van der Waals surface area contributed by atoms with Crippen LogP contribution in [0.1, 0.15) is 10.4 Å². The van der Waals surface area contributed by atoms with E-state index in [0.717, 1.165) is 5.56 Å². The highest BCUT2D eigenvalue weighted by Gasteiger charge is 2.16. The fourth-order valence-corrected chi connectivity index (χ4v) is 3.16. The molecule has 4 rings (SSSR count). The van der Waals surface area contributed by atoms with E-state index in [9.17, 15) is 9.90 Å². The van der Waals surface area contributed by atoms with Gasteiger partial charge in [-0.15, -0.1) is 0 Å². The average molecular weight is 439 g/mol. The predicted molar refractivity (Wildman–Crippen MR) is 109 cm³/mol. The van der Waals surface area contributed by atoms with Gasteiger partial charge in [0.25, 0.3) is 0 Å². The number of nitrogens with zero attached hydrogens (tertiary/aromatic N) is 3. The van der Waals surface area contributed by atoms with Crippen molar-refractivity contribution in [3.8, 4) is 17.0 Å². The third kappa shape index (κ3) is 3.41. The Bertz CT molecular complexity index is 1170. The molecule has 0 saturated carbocycles. The summed E-state index contributed by atoms with van der Waals surface area (Å²) in [7, 11) is 1.35. The zero-order chi connectivity index (χ0) is 19.7. The fourth-order valence-electron chi connectivity index (χ4n) is 2.85. The first-order chi connectivity index (χ1) is 13.5. The van der Waals surface area contributed by atoms with E-state index in [2.05, 4.69) is 31.2 Å². The summed E-state index contributed by atoms with van der Waals surface area (Å²) >= 11 is 3.39. The number of methoxy groups -OCH3 is 1. The van der Waals surface area contributed by atoms with Gasteiger partial charge < -0.3 is 15.2 Å². The van der Waals surface area contributed by atoms with Crippen LogP contribution < -0.4 is 5.32 Å². The molecule has 0 spiro atoms. The molecule has 8 heteroatoms. The van der Waals surface area contributed by atoms with Gasteiger partial charge >= 0.3 is 5.97 Å². The van der Waals surface area contributed by atoms with Gasteiger partial charge in [-0.3, -0.25) is 4.40 Å². The number of hydrogen-bond acceptors (Lipinski definition) is 6. The van der Waals surface area contributed by atoms with Crippen LogP contribution in [-0.2, 0) is 4.74 Å². The van der Waals surface area contributed by atoms with Crippen LogP contribution in [0.3, 0.4) is 0 Å². The maximum Gasteiger partial charge on any atom is 0.337 e. The minimum atomic E-state index is -0.410. The Hall–Kier alpha value is -3.39. The topological polar surface area (TPSA) is 88.8 Å². The SMILES string of the molecule is COC(=O)c1cccc(Nc2c(-c3ccc(O)cc3)nc3cnc(Br)cn23)c1. The molecule has 0 bridgehead atoms. The lowest BCUT2D eigenvalue weighted by Crippen LogP contribution is -2.03. The van der Waals surface area contributed by atoms with E-state index < -0.39 is 5.97 Å². The molecular weight excluding hydrogens is 424 g/mol. The smallest absolute Gasteiger partial charge is 0.337 e. The van der Waals surface area contributed by atoms with Crippen molar-refractivity contribution < 1.29 is 14.6 Å². The first kappa shape index (κ1) is 18.0. The first-order valence-corrected chi connectivity index (χ1v) is 9.13. The third-order valence-electron chi connectivity index (χ3n) is 4.16. The van der Waals surface area contributed by atoms with Gasteiger partial charge in [-0.1, -0.05) is 6.07 Å². The largest absolute Gasteiger partial charge is 0.508 e. The van der Waals surface area contributed by atoms with Gasteiger partial charge in [0.15, 0.2) is 5.65 Å². The number of esters is 1. The molecule has 2 aromatic carbocycles. The van der Waals surface area contributed by atoms with Crippen molar-refractivity contribution in [3.05, 3.63) is 71.1 Å². The summed E-state index contributed by atoms with van der Waals surface area (Å²) in [4.78, 5) is 20.7. The number of phenols is 1. The molecule has 0 atom stereocenters. The highest BCUT2D eigenvalue weighted by Crippen LogP contribution is 2.32. The van der Waals surface area contributed by atoms with E-state index >= 15 is 0 Å². The second-order valence-electron chi connectivity index (χ2n) is 5.99. The van der Waals surface area contributed by atoms with Crippen molar-refractivity contribution >= 4 is 39.1 Å². The van der Waals surface area contributed by atoms with Crippen LogP contribution in [0, 0.1) is 0 Å². The molecule has 4 aromatic rings. The van der Waals surface area contributed by atoms with Crippen molar-refractivity contribution in [2.45, 2.75) is 0 Å². The van der Waals surface area contributed by atoms with Crippen LogP contribution in [0.2, 0.25) is 0 Å².